The number of aliphatic imine (C=N–C) groups is 1. The average Bonchev–Trinajstić information content (AvgIpc) is 2.81. The van der Waals surface area contributed by atoms with Gasteiger partial charge in [-0.2, -0.15) is 0 Å². The maximum absolute atomic E-state index is 5.57. The summed E-state index contributed by atoms with van der Waals surface area (Å²) in [6.45, 7) is 6.79. The lowest BCUT2D eigenvalue weighted by Crippen LogP contribution is -2.46. The normalized spacial score (nSPS) is 15.4. The highest BCUT2D eigenvalue weighted by Gasteiger charge is 2.24. The molecule has 7 nitrogen and oxygen atoms in total. The molecule has 0 aliphatic carbocycles. The van der Waals surface area contributed by atoms with E-state index in [1.807, 2.05) is 6.07 Å². The summed E-state index contributed by atoms with van der Waals surface area (Å²) in [6.07, 6.45) is 0. The zero-order chi connectivity index (χ0) is 22.1. The molecule has 0 bridgehead atoms. The van der Waals surface area contributed by atoms with E-state index in [1.165, 1.54) is 16.7 Å². The van der Waals surface area contributed by atoms with E-state index >= 15 is 0 Å². The van der Waals surface area contributed by atoms with Gasteiger partial charge in [-0.15, -0.1) is 24.0 Å². The molecule has 2 N–H and O–H groups in total. The standard InChI is InChI=1S/C24H34N4O3.HI/c1-18-6-5-7-19(14-18)16-26-24(25-2)27-17-21(28-10-12-31-13-11-28)20-8-9-22(29-3)23(15-20)30-4;/h5-9,14-15,21H,10-13,16-17H2,1-4H3,(H2,25,26,27);1H. The van der Waals surface area contributed by atoms with Gasteiger partial charge < -0.3 is 24.8 Å². The molecule has 3 rings (SSSR count). The van der Waals surface area contributed by atoms with Crippen LogP contribution in [0.1, 0.15) is 22.7 Å². The number of halogens is 1. The molecule has 1 aliphatic heterocycles. The van der Waals surface area contributed by atoms with Gasteiger partial charge in [0.05, 0.1) is 33.5 Å². The van der Waals surface area contributed by atoms with Crippen LogP contribution in [0.2, 0.25) is 0 Å². The fourth-order valence-corrected chi connectivity index (χ4v) is 3.83. The smallest absolute Gasteiger partial charge is 0.191 e. The second kappa shape index (κ2) is 13.5. The predicted octanol–water partition coefficient (Wildman–Crippen LogP) is 3.37. The first-order chi connectivity index (χ1) is 15.1. The minimum Gasteiger partial charge on any atom is -0.493 e. The molecular weight excluding hydrogens is 519 g/mol. The molecular formula is C24H35IN4O3. The van der Waals surface area contributed by atoms with E-state index in [0.717, 1.165) is 50.3 Å². The van der Waals surface area contributed by atoms with Crippen LogP contribution in [0.25, 0.3) is 0 Å². The predicted molar refractivity (Wildman–Crippen MR) is 139 cm³/mol. The van der Waals surface area contributed by atoms with E-state index in [-0.39, 0.29) is 30.0 Å². The number of hydrogen-bond acceptors (Lipinski definition) is 5. The molecule has 8 heteroatoms. The minimum absolute atomic E-state index is 0. The minimum atomic E-state index is 0. The Morgan fingerprint density at radius 1 is 1.06 bits per heavy atom. The Bertz CT molecular complexity index is 872. The van der Waals surface area contributed by atoms with Gasteiger partial charge in [-0.05, 0) is 30.2 Å². The Balaban J connectivity index is 0.00000363. The molecule has 1 fully saturated rings. The molecule has 1 heterocycles. The topological polar surface area (TPSA) is 67.4 Å². The summed E-state index contributed by atoms with van der Waals surface area (Å²) < 4.78 is 16.5. The Kier molecular flexibility index (Phi) is 11.1. The van der Waals surface area contributed by atoms with E-state index in [9.17, 15) is 0 Å². The number of hydrogen-bond donors (Lipinski definition) is 2. The van der Waals surface area contributed by atoms with E-state index in [2.05, 4.69) is 63.8 Å². The first-order valence-electron chi connectivity index (χ1n) is 10.7. The summed E-state index contributed by atoms with van der Waals surface area (Å²) in [5, 5.41) is 6.92. The van der Waals surface area contributed by atoms with Gasteiger partial charge in [0.2, 0.25) is 0 Å². The van der Waals surface area contributed by atoms with Crippen LogP contribution in [0, 0.1) is 6.92 Å². The van der Waals surface area contributed by atoms with Gasteiger partial charge in [-0.25, -0.2) is 0 Å². The van der Waals surface area contributed by atoms with E-state index in [1.54, 1.807) is 21.3 Å². The van der Waals surface area contributed by atoms with Crippen molar-refractivity contribution in [2.75, 3.05) is 54.1 Å². The molecule has 0 spiro atoms. The third-order valence-corrected chi connectivity index (χ3v) is 5.51. The summed E-state index contributed by atoms with van der Waals surface area (Å²) in [7, 11) is 5.12. The van der Waals surface area contributed by atoms with Crippen LogP contribution in [0.3, 0.4) is 0 Å². The largest absolute Gasteiger partial charge is 0.493 e. The van der Waals surface area contributed by atoms with Crippen LogP contribution in [0.4, 0.5) is 0 Å². The maximum Gasteiger partial charge on any atom is 0.191 e. The molecule has 1 saturated heterocycles. The fourth-order valence-electron chi connectivity index (χ4n) is 3.83. The Labute approximate surface area is 208 Å². The van der Waals surface area contributed by atoms with Gasteiger partial charge >= 0.3 is 0 Å². The van der Waals surface area contributed by atoms with Crippen LogP contribution in [0.5, 0.6) is 11.5 Å². The highest BCUT2D eigenvalue weighted by molar-refractivity contribution is 14.0. The van der Waals surface area contributed by atoms with Gasteiger partial charge in [0, 0.05) is 33.2 Å². The van der Waals surface area contributed by atoms with Gasteiger partial charge in [0.15, 0.2) is 17.5 Å². The van der Waals surface area contributed by atoms with Crippen LogP contribution < -0.4 is 20.1 Å². The summed E-state index contributed by atoms with van der Waals surface area (Å²) >= 11 is 0. The molecule has 1 aliphatic rings. The number of ether oxygens (including phenoxy) is 3. The number of nitrogens with zero attached hydrogens (tertiary/aromatic N) is 2. The quantitative estimate of drug-likeness (QED) is 0.297. The summed E-state index contributed by atoms with van der Waals surface area (Å²) in [5.41, 5.74) is 3.65. The van der Waals surface area contributed by atoms with Gasteiger partial charge in [0.1, 0.15) is 0 Å². The molecule has 0 amide bonds. The van der Waals surface area contributed by atoms with Crippen molar-refractivity contribution < 1.29 is 14.2 Å². The van der Waals surface area contributed by atoms with Crippen molar-refractivity contribution in [1.29, 1.82) is 0 Å². The lowest BCUT2D eigenvalue weighted by atomic mass is 10.0. The van der Waals surface area contributed by atoms with Crippen molar-refractivity contribution in [1.82, 2.24) is 15.5 Å². The molecule has 0 radical (unpaired) electrons. The number of benzene rings is 2. The molecule has 2 aromatic carbocycles. The van der Waals surface area contributed by atoms with Crippen LogP contribution >= 0.6 is 24.0 Å². The van der Waals surface area contributed by atoms with E-state index < -0.39 is 0 Å². The van der Waals surface area contributed by atoms with E-state index in [0.29, 0.717) is 6.54 Å². The highest BCUT2D eigenvalue weighted by Crippen LogP contribution is 2.32. The lowest BCUT2D eigenvalue weighted by Gasteiger charge is -2.35. The third-order valence-electron chi connectivity index (χ3n) is 5.51. The maximum atomic E-state index is 5.57. The van der Waals surface area contributed by atoms with Gasteiger partial charge in [-0.3, -0.25) is 9.89 Å². The van der Waals surface area contributed by atoms with Crippen LogP contribution in [0.15, 0.2) is 47.5 Å². The molecule has 176 valence electrons. The third kappa shape index (κ3) is 7.25. The molecule has 1 atom stereocenters. The summed E-state index contributed by atoms with van der Waals surface area (Å²) in [6, 6.07) is 14.8. The Morgan fingerprint density at radius 2 is 1.81 bits per heavy atom. The number of guanidine groups is 1. The molecule has 2 aromatic rings. The Morgan fingerprint density at radius 3 is 2.47 bits per heavy atom. The number of aryl methyl sites for hydroxylation is 1. The number of morpholine rings is 1. The zero-order valence-corrected chi connectivity index (χ0v) is 21.7. The fraction of sp³-hybridized carbons (Fsp3) is 0.458. The van der Waals surface area contributed by atoms with E-state index in [4.69, 9.17) is 14.2 Å². The lowest BCUT2D eigenvalue weighted by molar-refractivity contribution is 0.0169. The number of nitrogens with one attached hydrogen (secondary N) is 2. The SMILES string of the molecule is CN=C(NCc1cccc(C)c1)NCC(c1ccc(OC)c(OC)c1)N1CCOCC1.I. The number of rotatable bonds is 8. The molecule has 32 heavy (non-hydrogen) atoms. The van der Waals surface area contributed by atoms with Crippen molar-refractivity contribution in [3.8, 4) is 11.5 Å². The van der Waals surface area contributed by atoms with Crippen molar-refractivity contribution in [2.24, 2.45) is 4.99 Å². The van der Waals surface area contributed by atoms with Crippen molar-refractivity contribution in [2.45, 2.75) is 19.5 Å². The highest BCUT2D eigenvalue weighted by atomic mass is 127. The van der Waals surface area contributed by atoms with Crippen molar-refractivity contribution in [3.63, 3.8) is 0 Å². The van der Waals surface area contributed by atoms with Gasteiger partial charge in [-0.1, -0.05) is 35.9 Å². The molecule has 1 unspecified atom stereocenters. The van der Waals surface area contributed by atoms with Crippen LogP contribution in [-0.4, -0.2) is 65.0 Å². The second-order valence-electron chi connectivity index (χ2n) is 7.57. The monoisotopic (exact) mass is 554 g/mol. The van der Waals surface area contributed by atoms with Crippen LogP contribution in [-0.2, 0) is 11.3 Å². The zero-order valence-electron chi connectivity index (χ0n) is 19.4. The molecule has 0 aromatic heterocycles. The first kappa shape index (κ1) is 26.2. The number of methoxy groups -OCH3 is 2. The van der Waals surface area contributed by atoms with Crippen molar-refractivity contribution in [3.05, 3.63) is 59.2 Å². The Hall–Kier alpha value is -2.04. The van der Waals surface area contributed by atoms with Gasteiger partial charge in [0.25, 0.3) is 0 Å². The molecule has 0 saturated carbocycles. The average molecular weight is 554 g/mol. The summed E-state index contributed by atoms with van der Waals surface area (Å²) in [4.78, 5) is 6.84. The first-order valence-corrected chi connectivity index (χ1v) is 10.7. The second-order valence-corrected chi connectivity index (χ2v) is 7.57. The summed E-state index contributed by atoms with van der Waals surface area (Å²) in [5.74, 6) is 2.25. The van der Waals surface area contributed by atoms with Crippen molar-refractivity contribution >= 4 is 29.9 Å².